The van der Waals surface area contributed by atoms with Crippen LogP contribution in [-0.2, 0) is 17.8 Å². The number of hydrogen-bond donors (Lipinski definition) is 1. The van der Waals surface area contributed by atoms with E-state index in [9.17, 15) is 9.59 Å². The lowest BCUT2D eigenvalue weighted by Gasteiger charge is -2.06. The van der Waals surface area contributed by atoms with Gasteiger partial charge in [-0.25, -0.2) is 0 Å². The molecule has 0 aliphatic carbocycles. The Morgan fingerprint density at radius 3 is 2.26 bits per heavy atom. The van der Waals surface area contributed by atoms with E-state index in [1.807, 2.05) is 26.0 Å². The Kier molecular flexibility index (Phi) is 3.85. The first-order chi connectivity index (χ1) is 8.97. The standard InChI is InChI=1S/C14H15NO3S/c1-9-10(2)19-14(18)15(9)8-12-5-3-11(4-6-12)7-13(16)17/h3-6H,7-8H2,1-2H3,(H,16,17). The van der Waals surface area contributed by atoms with Crippen molar-refractivity contribution in [2.75, 3.05) is 0 Å². The van der Waals surface area contributed by atoms with Crippen molar-refractivity contribution in [1.82, 2.24) is 4.57 Å². The lowest BCUT2D eigenvalue weighted by atomic mass is 10.1. The van der Waals surface area contributed by atoms with E-state index < -0.39 is 5.97 Å². The van der Waals surface area contributed by atoms with Gasteiger partial charge in [0.25, 0.3) is 0 Å². The van der Waals surface area contributed by atoms with Gasteiger partial charge in [0.2, 0.25) is 0 Å². The van der Waals surface area contributed by atoms with Gasteiger partial charge in [0.15, 0.2) is 0 Å². The summed E-state index contributed by atoms with van der Waals surface area (Å²) in [5.41, 5.74) is 2.75. The highest BCUT2D eigenvalue weighted by Gasteiger charge is 2.08. The van der Waals surface area contributed by atoms with Gasteiger partial charge in [-0.1, -0.05) is 35.6 Å². The van der Waals surface area contributed by atoms with Gasteiger partial charge in [-0.3, -0.25) is 14.2 Å². The number of carbonyl (C=O) groups is 1. The number of thiazole rings is 1. The Hall–Kier alpha value is -1.88. The second kappa shape index (κ2) is 5.40. The summed E-state index contributed by atoms with van der Waals surface area (Å²) in [6.45, 7) is 4.41. The number of nitrogens with zero attached hydrogens (tertiary/aromatic N) is 1. The molecule has 0 bridgehead atoms. The maximum Gasteiger partial charge on any atom is 0.307 e. The summed E-state index contributed by atoms with van der Waals surface area (Å²) in [5, 5.41) is 8.70. The molecule has 0 saturated carbocycles. The van der Waals surface area contributed by atoms with Gasteiger partial charge in [-0.05, 0) is 25.0 Å². The second-order valence-electron chi connectivity index (χ2n) is 4.48. The fourth-order valence-corrected chi connectivity index (χ4v) is 2.72. The van der Waals surface area contributed by atoms with Gasteiger partial charge in [-0.2, -0.15) is 0 Å². The van der Waals surface area contributed by atoms with E-state index in [0.717, 1.165) is 21.7 Å². The Labute approximate surface area is 115 Å². The number of rotatable bonds is 4. The van der Waals surface area contributed by atoms with Crippen LogP contribution in [0, 0.1) is 13.8 Å². The van der Waals surface area contributed by atoms with Crippen LogP contribution in [0.3, 0.4) is 0 Å². The summed E-state index contributed by atoms with van der Waals surface area (Å²) in [6.07, 6.45) is 0.0246. The van der Waals surface area contributed by atoms with Gasteiger partial charge in [-0.15, -0.1) is 0 Å². The predicted octanol–water partition coefficient (Wildman–Crippen LogP) is 2.20. The van der Waals surface area contributed by atoms with Gasteiger partial charge in [0.05, 0.1) is 13.0 Å². The Bertz CT molecular complexity index is 652. The number of carboxylic acids is 1. The highest BCUT2D eigenvalue weighted by atomic mass is 32.1. The molecular formula is C14H15NO3S. The monoisotopic (exact) mass is 277 g/mol. The van der Waals surface area contributed by atoms with Crippen LogP contribution in [0.1, 0.15) is 21.7 Å². The van der Waals surface area contributed by atoms with E-state index in [0.29, 0.717) is 6.54 Å². The zero-order valence-electron chi connectivity index (χ0n) is 10.8. The van der Waals surface area contributed by atoms with E-state index in [2.05, 4.69) is 0 Å². The van der Waals surface area contributed by atoms with Gasteiger partial charge >= 0.3 is 10.8 Å². The summed E-state index contributed by atoms with van der Waals surface area (Å²) in [6, 6.07) is 7.33. The zero-order chi connectivity index (χ0) is 14.0. The molecule has 2 aromatic rings. The van der Waals surface area contributed by atoms with Crippen LogP contribution in [-0.4, -0.2) is 15.6 Å². The van der Waals surface area contributed by atoms with Crippen molar-refractivity contribution in [3.63, 3.8) is 0 Å². The van der Waals surface area contributed by atoms with Crippen LogP contribution in [0.5, 0.6) is 0 Å². The summed E-state index contributed by atoms with van der Waals surface area (Å²) in [5.74, 6) is -0.840. The summed E-state index contributed by atoms with van der Waals surface area (Å²) in [4.78, 5) is 23.5. The minimum absolute atomic E-state index is 0.0246. The lowest BCUT2D eigenvalue weighted by molar-refractivity contribution is -0.136. The SMILES string of the molecule is Cc1sc(=O)n(Cc2ccc(CC(=O)O)cc2)c1C. The molecule has 0 aliphatic heterocycles. The topological polar surface area (TPSA) is 59.3 Å². The Morgan fingerprint density at radius 2 is 1.79 bits per heavy atom. The molecule has 0 unspecified atom stereocenters. The molecule has 0 radical (unpaired) electrons. The Balaban J connectivity index is 2.20. The van der Waals surface area contributed by atoms with Crippen molar-refractivity contribution in [3.05, 3.63) is 55.6 Å². The van der Waals surface area contributed by atoms with E-state index in [1.165, 1.54) is 11.3 Å². The maximum atomic E-state index is 11.8. The summed E-state index contributed by atoms with van der Waals surface area (Å²) in [7, 11) is 0. The fourth-order valence-electron chi connectivity index (χ4n) is 1.89. The molecule has 100 valence electrons. The van der Waals surface area contributed by atoms with Crippen molar-refractivity contribution in [1.29, 1.82) is 0 Å². The van der Waals surface area contributed by atoms with Crippen LogP contribution in [0.4, 0.5) is 0 Å². The van der Waals surface area contributed by atoms with Crippen molar-refractivity contribution >= 4 is 17.3 Å². The Morgan fingerprint density at radius 1 is 1.21 bits per heavy atom. The van der Waals surface area contributed by atoms with Crippen molar-refractivity contribution in [2.24, 2.45) is 0 Å². The molecule has 1 N–H and O–H groups in total. The molecule has 0 spiro atoms. The van der Waals surface area contributed by atoms with Crippen molar-refractivity contribution in [2.45, 2.75) is 26.8 Å². The molecule has 0 saturated heterocycles. The van der Waals surface area contributed by atoms with Crippen LogP contribution in [0.25, 0.3) is 0 Å². The fraction of sp³-hybridized carbons (Fsp3) is 0.286. The van der Waals surface area contributed by atoms with Gasteiger partial charge in [0.1, 0.15) is 0 Å². The molecule has 5 heteroatoms. The molecule has 0 aliphatic rings. The summed E-state index contributed by atoms with van der Waals surface area (Å²) < 4.78 is 1.74. The third kappa shape index (κ3) is 3.12. The first kappa shape index (κ1) is 13.5. The van der Waals surface area contributed by atoms with Crippen molar-refractivity contribution < 1.29 is 9.90 Å². The lowest BCUT2D eigenvalue weighted by Crippen LogP contribution is -2.15. The number of aryl methyl sites for hydroxylation is 1. The quantitative estimate of drug-likeness (QED) is 0.932. The molecule has 0 fully saturated rings. The maximum absolute atomic E-state index is 11.8. The molecule has 19 heavy (non-hydrogen) atoms. The van der Waals surface area contributed by atoms with Crippen LogP contribution < -0.4 is 4.87 Å². The number of benzene rings is 1. The van der Waals surface area contributed by atoms with Gasteiger partial charge < -0.3 is 5.11 Å². The number of aliphatic carboxylic acids is 1. The second-order valence-corrected chi connectivity index (χ2v) is 5.65. The van der Waals surface area contributed by atoms with Crippen LogP contribution in [0.15, 0.2) is 29.1 Å². The molecule has 1 aromatic carbocycles. The van der Waals surface area contributed by atoms with E-state index in [1.54, 1.807) is 16.7 Å². The van der Waals surface area contributed by atoms with Crippen LogP contribution >= 0.6 is 11.3 Å². The molecule has 0 amide bonds. The highest BCUT2D eigenvalue weighted by Crippen LogP contribution is 2.12. The molecule has 0 atom stereocenters. The van der Waals surface area contributed by atoms with E-state index in [-0.39, 0.29) is 11.3 Å². The highest BCUT2D eigenvalue weighted by molar-refractivity contribution is 7.09. The van der Waals surface area contributed by atoms with Crippen LogP contribution in [0.2, 0.25) is 0 Å². The first-order valence-electron chi connectivity index (χ1n) is 5.94. The molecule has 1 aromatic heterocycles. The molecular weight excluding hydrogens is 262 g/mol. The van der Waals surface area contributed by atoms with E-state index in [4.69, 9.17) is 5.11 Å². The normalized spacial score (nSPS) is 10.6. The number of carboxylic acid groups (broad SMARTS) is 1. The number of aromatic nitrogens is 1. The largest absolute Gasteiger partial charge is 0.481 e. The summed E-state index contributed by atoms with van der Waals surface area (Å²) >= 11 is 1.26. The predicted molar refractivity (Wildman–Crippen MR) is 74.9 cm³/mol. The molecule has 2 rings (SSSR count). The minimum Gasteiger partial charge on any atom is -0.481 e. The first-order valence-corrected chi connectivity index (χ1v) is 6.75. The van der Waals surface area contributed by atoms with E-state index >= 15 is 0 Å². The van der Waals surface area contributed by atoms with Gasteiger partial charge in [0, 0.05) is 10.6 Å². The molecule has 1 heterocycles. The zero-order valence-corrected chi connectivity index (χ0v) is 11.7. The average Bonchev–Trinajstić information content (AvgIpc) is 2.58. The van der Waals surface area contributed by atoms with Crippen molar-refractivity contribution in [3.8, 4) is 0 Å². The third-order valence-electron chi connectivity index (χ3n) is 3.09. The average molecular weight is 277 g/mol. The smallest absolute Gasteiger partial charge is 0.307 e. The third-order valence-corrected chi connectivity index (χ3v) is 4.09. The minimum atomic E-state index is -0.840. The molecule has 4 nitrogen and oxygen atoms in total. The number of hydrogen-bond acceptors (Lipinski definition) is 3.